The van der Waals surface area contributed by atoms with Gasteiger partial charge < -0.3 is 10.6 Å². The van der Waals surface area contributed by atoms with Gasteiger partial charge in [0, 0.05) is 29.5 Å². The third-order valence-electron chi connectivity index (χ3n) is 3.02. The van der Waals surface area contributed by atoms with Gasteiger partial charge in [0.25, 0.3) is 5.91 Å². The highest BCUT2D eigenvalue weighted by Crippen LogP contribution is 2.18. The highest BCUT2D eigenvalue weighted by atomic mass is 32.1. The summed E-state index contributed by atoms with van der Waals surface area (Å²) < 4.78 is 13.0. The van der Waals surface area contributed by atoms with E-state index in [0.29, 0.717) is 31.0 Å². The molecule has 1 aromatic rings. The van der Waals surface area contributed by atoms with Gasteiger partial charge >= 0.3 is 0 Å². The first-order valence-electron chi connectivity index (χ1n) is 6.62. The van der Waals surface area contributed by atoms with Crippen LogP contribution < -0.4 is 10.6 Å². The van der Waals surface area contributed by atoms with Crippen molar-refractivity contribution in [1.29, 1.82) is 0 Å². The van der Waals surface area contributed by atoms with Crippen LogP contribution in [-0.4, -0.2) is 24.4 Å². The quantitative estimate of drug-likeness (QED) is 0.555. The second kappa shape index (κ2) is 6.74. The molecule has 0 radical (unpaired) electrons. The van der Waals surface area contributed by atoms with Gasteiger partial charge in [0.05, 0.1) is 0 Å². The summed E-state index contributed by atoms with van der Waals surface area (Å²) in [5, 5.41) is 5.58. The second-order valence-electron chi connectivity index (χ2n) is 4.87. The Morgan fingerprint density at radius 3 is 2.75 bits per heavy atom. The highest BCUT2D eigenvalue weighted by Gasteiger charge is 2.22. The van der Waals surface area contributed by atoms with Crippen molar-refractivity contribution < 1.29 is 14.0 Å². The second-order valence-corrected chi connectivity index (χ2v) is 5.35. The van der Waals surface area contributed by atoms with Gasteiger partial charge in [-0.05, 0) is 37.5 Å². The van der Waals surface area contributed by atoms with Gasteiger partial charge in [-0.1, -0.05) is 0 Å². The molecule has 0 heterocycles. The molecular formula is C14H17FN2O2S. The van der Waals surface area contributed by atoms with Gasteiger partial charge in [-0.2, -0.15) is 0 Å². The molecule has 6 heteroatoms. The van der Waals surface area contributed by atoms with Crippen molar-refractivity contribution in [1.82, 2.24) is 10.6 Å². The third-order valence-corrected chi connectivity index (χ3v) is 3.36. The topological polar surface area (TPSA) is 58.2 Å². The van der Waals surface area contributed by atoms with Gasteiger partial charge in [0.1, 0.15) is 5.82 Å². The van der Waals surface area contributed by atoms with E-state index in [9.17, 15) is 14.0 Å². The average molecular weight is 296 g/mol. The number of halogens is 1. The first kappa shape index (κ1) is 14.8. The lowest BCUT2D eigenvalue weighted by Crippen LogP contribution is -2.28. The molecule has 2 rings (SSSR count). The molecule has 1 aliphatic rings. The molecule has 1 fully saturated rings. The maximum atomic E-state index is 13.0. The number of carbonyl (C=O) groups excluding carboxylic acids is 2. The lowest BCUT2D eigenvalue weighted by atomic mass is 10.2. The Morgan fingerprint density at radius 2 is 2.10 bits per heavy atom. The number of hydrogen-bond donors (Lipinski definition) is 3. The van der Waals surface area contributed by atoms with Gasteiger partial charge in [0.15, 0.2) is 0 Å². The molecular weight excluding hydrogens is 279 g/mol. The lowest BCUT2D eigenvalue weighted by Gasteiger charge is -2.06. The number of amides is 2. The van der Waals surface area contributed by atoms with Crippen molar-refractivity contribution in [3.63, 3.8) is 0 Å². The van der Waals surface area contributed by atoms with Gasteiger partial charge in [-0.25, -0.2) is 4.39 Å². The SMILES string of the molecule is O=C(CCCNC(=O)c1ccc(F)c(S)c1)NC1CC1. The molecule has 0 aliphatic heterocycles. The van der Waals surface area contributed by atoms with E-state index >= 15 is 0 Å². The van der Waals surface area contributed by atoms with Crippen LogP contribution in [0.15, 0.2) is 23.1 Å². The van der Waals surface area contributed by atoms with E-state index in [1.165, 1.54) is 18.2 Å². The summed E-state index contributed by atoms with van der Waals surface area (Å²) in [6.07, 6.45) is 3.12. The zero-order valence-electron chi connectivity index (χ0n) is 11.0. The summed E-state index contributed by atoms with van der Waals surface area (Å²) in [7, 11) is 0. The molecule has 4 nitrogen and oxygen atoms in total. The lowest BCUT2D eigenvalue weighted by molar-refractivity contribution is -0.121. The zero-order valence-corrected chi connectivity index (χ0v) is 11.9. The summed E-state index contributed by atoms with van der Waals surface area (Å²) in [6.45, 7) is 0.413. The standard InChI is InChI=1S/C14H17FN2O2S/c15-11-6-3-9(8-12(11)20)14(19)16-7-1-2-13(18)17-10-4-5-10/h3,6,8,10,20H,1-2,4-5,7H2,(H,16,19)(H,17,18). The van der Waals surface area contributed by atoms with E-state index in [1.807, 2.05) is 0 Å². The summed E-state index contributed by atoms with van der Waals surface area (Å²) in [5.74, 6) is -0.717. The van der Waals surface area contributed by atoms with Crippen LogP contribution >= 0.6 is 12.6 Å². The van der Waals surface area contributed by atoms with Crippen molar-refractivity contribution in [2.75, 3.05) is 6.54 Å². The highest BCUT2D eigenvalue weighted by molar-refractivity contribution is 7.80. The monoisotopic (exact) mass is 296 g/mol. The van der Waals surface area contributed by atoms with E-state index in [2.05, 4.69) is 23.3 Å². The largest absolute Gasteiger partial charge is 0.353 e. The predicted molar refractivity (Wildman–Crippen MR) is 76.4 cm³/mol. The molecule has 0 aromatic heterocycles. The summed E-state index contributed by atoms with van der Waals surface area (Å²) in [5.41, 5.74) is 0.360. The summed E-state index contributed by atoms with van der Waals surface area (Å²) in [6, 6.07) is 4.36. The van der Waals surface area contributed by atoms with Crippen LogP contribution in [0.2, 0.25) is 0 Å². The molecule has 1 saturated carbocycles. The van der Waals surface area contributed by atoms with Crippen LogP contribution in [0.4, 0.5) is 4.39 Å². The minimum Gasteiger partial charge on any atom is -0.353 e. The maximum absolute atomic E-state index is 13.0. The Balaban J connectivity index is 1.68. The summed E-state index contributed by atoms with van der Waals surface area (Å²) in [4.78, 5) is 23.3. The fraction of sp³-hybridized carbons (Fsp3) is 0.429. The van der Waals surface area contributed by atoms with Crippen LogP contribution in [-0.2, 0) is 4.79 Å². The first-order chi connectivity index (χ1) is 9.56. The Labute approximate surface area is 122 Å². The molecule has 0 bridgehead atoms. The van der Waals surface area contributed by atoms with Gasteiger partial charge in [-0.3, -0.25) is 9.59 Å². The fourth-order valence-electron chi connectivity index (χ4n) is 1.73. The van der Waals surface area contributed by atoms with E-state index < -0.39 is 5.82 Å². The number of carbonyl (C=O) groups is 2. The third kappa shape index (κ3) is 4.52. The van der Waals surface area contributed by atoms with Crippen molar-refractivity contribution in [2.45, 2.75) is 36.6 Å². The Hall–Kier alpha value is -1.56. The van der Waals surface area contributed by atoms with Crippen LogP contribution in [0, 0.1) is 5.82 Å². The maximum Gasteiger partial charge on any atom is 0.251 e. The normalized spacial score (nSPS) is 13.9. The molecule has 2 amide bonds. The molecule has 0 atom stereocenters. The molecule has 0 saturated heterocycles. The summed E-state index contributed by atoms with van der Waals surface area (Å²) >= 11 is 3.93. The number of rotatable bonds is 6. The van der Waals surface area contributed by atoms with Crippen molar-refractivity contribution >= 4 is 24.4 Å². The van der Waals surface area contributed by atoms with E-state index in [1.54, 1.807) is 0 Å². The van der Waals surface area contributed by atoms with Crippen molar-refractivity contribution in [3.8, 4) is 0 Å². The number of benzene rings is 1. The molecule has 0 spiro atoms. The molecule has 108 valence electrons. The van der Waals surface area contributed by atoms with Gasteiger partial charge in [0.2, 0.25) is 5.91 Å². The molecule has 1 aromatic carbocycles. The van der Waals surface area contributed by atoms with Crippen LogP contribution in [0.3, 0.4) is 0 Å². The van der Waals surface area contributed by atoms with Crippen LogP contribution in [0.5, 0.6) is 0 Å². The van der Waals surface area contributed by atoms with Gasteiger partial charge in [-0.15, -0.1) is 12.6 Å². The smallest absolute Gasteiger partial charge is 0.251 e. The first-order valence-corrected chi connectivity index (χ1v) is 7.07. The predicted octanol–water partition coefficient (Wildman–Crippen LogP) is 1.90. The van der Waals surface area contributed by atoms with Crippen molar-refractivity contribution in [2.24, 2.45) is 0 Å². The number of nitrogens with one attached hydrogen (secondary N) is 2. The molecule has 0 unspecified atom stereocenters. The Bertz CT molecular complexity index is 518. The van der Waals surface area contributed by atoms with E-state index in [0.717, 1.165) is 12.8 Å². The number of thiol groups is 1. The molecule has 20 heavy (non-hydrogen) atoms. The fourth-order valence-corrected chi connectivity index (χ4v) is 1.95. The Kier molecular flexibility index (Phi) is 5.00. The van der Waals surface area contributed by atoms with Crippen molar-refractivity contribution in [3.05, 3.63) is 29.6 Å². The molecule has 1 aliphatic carbocycles. The van der Waals surface area contributed by atoms with Crippen LogP contribution in [0.1, 0.15) is 36.0 Å². The number of hydrogen-bond acceptors (Lipinski definition) is 3. The Morgan fingerprint density at radius 1 is 1.35 bits per heavy atom. The minimum absolute atomic E-state index is 0.0289. The van der Waals surface area contributed by atoms with Crippen LogP contribution in [0.25, 0.3) is 0 Å². The zero-order chi connectivity index (χ0) is 14.5. The van der Waals surface area contributed by atoms with E-state index in [4.69, 9.17) is 0 Å². The minimum atomic E-state index is -0.457. The van der Waals surface area contributed by atoms with E-state index in [-0.39, 0.29) is 16.7 Å². The molecule has 2 N–H and O–H groups in total. The average Bonchev–Trinajstić information content (AvgIpc) is 3.21.